The van der Waals surface area contributed by atoms with Gasteiger partial charge >= 0.3 is 0 Å². The number of carbonyl (C=O) groups is 3. The number of aryl methyl sites for hydroxylation is 2. The third kappa shape index (κ3) is 7.24. The Morgan fingerprint density at radius 3 is 2.06 bits per heavy atom. The van der Waals surface area contributed by atoms with E-state index in [0.29, 0.717) is 17.1 Å². The molecule has 1 heterocycles. The second-order valence-corrected chi connectivity index (χ2v) is 8.84. The summed E-state index contributed by atoms with van der Waals surface area (Å²) in [5, 5.41) is 5.65. The molecule has 0 aliphatic rings. The second-order valence-electron chi connectivity index (χ2n) is 8.84. The number of rotatable bonds is 9. The van der Waals surface area contributed by atoms with Gasteiger partial charge in [0.2, 0.25) is 17.7 Å². The second kappa shape index (κ2) is 11.9. The molecule has 0 bridgehead atoms. The maximum absolute atomic E-state index is 13.6. The number of benzene rings is 2. The molecule has 35 heavy (non-hydrogen) atoms. The summed E-state index contributed by atoms with van der Waals surface area (Å²) in [6.45, 7) is 7.69. The number of hydrogen-bond donors (Lipinski definition) is 2. The lowest BCUT2D eigenvalue weighted by atomic mass is 10.0. The van der Waals surface area contributed by atoms with Crippen LogP contribution in [0.3, 0.4) is 0 Å². The lowest BCUT2D eigenvalue weighted by molar-refractivity contribution is -0.127. The number of hydrogen-bond acceptors (Lipinski definition) is 4. The number of carbonyl (C=O) groups excluding carboxylic acids is 3. The van der Waals surface area contributed by atoms with E-state index in [1.165, 1.54) is 4.90 Å². The highest BCUT2D eigenvalue weighted by Crippen LogP contribution is 2.30. The minimum atomic E-state index is -0.882. The van der Waals surface area contributed by atoms with Gasteiger partial charge in [0.25, 0.3) is 0 Å². The molecule has 1 aromatic heterocycles. The molecule has 182 valence electrons. The molecule has 7 heteroatoms. The van der Waals surface area contributed by atoms with Crippen molar-refractivity contribution in [1.82, 2.24) is 10.3 Å². The summed E-state index contributed by atoms with van der Waals surface area (Å²) in [6.07, 6.45) is 1.48. The van der Waals surface area contributed by atoms with Gasteiger partial charge in [-0.25, -0.2) is 4.98 Å². The third-order valence-corrected chi connectivity index (χ3v) is 5.41. The molecule has 1 unspecified atom stereocenters. The molecule has 3 rings (SSSR count). The minimum absolute atomic E-state index is 0.0375. The van der Waals surface area contributed by atoms with Crippen LogP contribution in [0.2, 0.25) is 0 Å². The zero-order chi connectivity index (χ0) is 25.4. The molecule has 3 aromatic rings. The number of aromatic nitrogens is 1. The molecule has 1 atom stereocenters. The average molecular weight is 473 g/mol. The molecular formula is C28H32N4O3. The molecular weight excluding hydrogens is 440 g/mol. The van der Waals surface area contributed by atoms with E-state index in [1.807, 2.05) is 76.2 Å². The molecule has 0 radical (unpaired) electrons. The van der Waals surface area contributed by atoms with Crippen LogP contribution >= 0.6 is 0 Å². The van der Waals surface area contributed by atoms with Gasteiger partial charge in [0.15, 0.2) is 0 Å². The zero-order valence-corrected chi connectivity index (χ0v) is 20.6. The number of amides is 3. The maximum Gasteiger partial charge on any atom is 0.248 e. The molecule has 2 N–H and O–H groups in total. The van der Waals surface area contributed by atoms with Gasteiger partial charge in [0.05, 0.1) is 0 Å². The van der Waals surface area contributed by atoms with Crippen molar-refractivity contribution in [3.63, 3.8) is 0 Å². The first kappa shape index (κ1) is 25.6. The average Bonchev–Trinajstić information content (AvgIpc) is 2.82. The lowest BCUT2D eigenvalue weighted by Gasteiger charge is -2.32. The molecule has 0 fully saturated rings. The standard InChI is InChI=1S/C28H32N4O3/c1-19(2)30-28(35)27(22-12-8-20(3)9-13-22)32(23-14-10-21(4)11-15-23)26(34)17-16-25(33)31-24-7-5-6-18-29-24/h5-15,18-19,27H,16-17H2,1-4H3,(H,30,35)(H,29,31,33). The lowest BCUT2D eigenvalue weighted by Crippen LogP contribution is -2.46. The third-order valence-electron chi connectivity index (χ3n) is 5.41. The first-order chi connectivity index (χ1) is 16.7. The van der Waals surface area contributed by atoms with E-state index in [1.54, 1.807) is 24.4 Å². The molecule has 0 spiro atoms. The van der Waals surface area contributed by atoms with E-state index in [2.05, 4.69) is 15.6 Å². The van der Waals surface area contributed by atoms with Crippen LogP contribution in [0.15, 0.2) is 72.9 Å². The smallest absolute Gasteiger partial charge is 0.248 e. The summed E-state index contributed by atoms with van der Waals surface area (Å²) in [4.78, 5) is 45.1. The summed E-state index contributed by atoms with van der Waals surface area (Å²) in [7, 11) is 0. The predicted molar refractivity (Wildman–Crippen MR) is 138 cm³/mol. The van der Waals surface area contributed by atoms with Crippen molar-refractivity contribution in [1.29, 1.82) is 0 Å². The van der Waals surface area contributed by atoms with Crippen molar-refractivity contribution in [2.24, 2.45) is 0 Å². The zero-order valence-electron chi connectivity index (χ0n) is 20.6. The first-order valence-electron chi connectivity index (χ1n) is 11.7. The maximum atomic E-state index is 13.6. The Bertz CT molecular complexity index is 1140. The molecule has 2 aromatic carbocycles. The summed E-state index contributed by atoms with van der Waals surface area (Å²) >= 11 is 0. The summed E-state index contributed by atoms with van der Waals surface area (Å²) < 4.78 is 0. The van der Waals surface area contributed by atoms with Crippen LogP contribution in [0.4, 0.5) is 11.5 Å². The van der Waals surface area contributed by atoms with Gasteiger partial charge in [-0.05, 0) is 57.5 Å². The van der Waals surface area contributed by atoms with Crippen molar-refractivity contribution in [3.8, 4) is 0 Å². The Hall–Kier alpha value is -4.00. The Morgan fingerprint density at radius 2 is 1.49 bits per heavy atom. The van der Waals surface area contributed by atoms with E-state index in [4.69, 9.17) is 0 Å². The quantitative estimate of drug-likeness (QED) is 0.472. The van der Waals surface area contributed by atoms with E-state index in [9.17, 15) is 14.4 Å². The van der Waals surface area contributed by atoms with Gasteiger partial charge in [-0.1, -0.05) is 53.6 Å². The Morgan fingerprint density at radius 1 is 0.857 bits per heavy atom. The van der Waals surface area contributed by atoms with Crippen LogP contribution in [0.1, 0.15) is 49.4 Å². The van der Waals surface area contributed by atoms with E-state index in [-0.39, 0.29) is 36.6 Å². The topological polar surface area (TPSA) is 91.4 Å². The highest BCUT2D eigenvalue weighted by Gasteiger charge is 2.33. The van der Waals surface area contributed by atoms with Crippen molar-refractivity contribution in [2.75, 3.05) is 10.2 Å². The highest BCUT2D eigenvalue weighted by atomic mass is 16.2. The minimum Gasteiger partial charge on any atom is -0.352 e. The summed E-state index contributed by atoms with van der Waals surface area (Å²) in [6, 6.07) is 19.2. The number of anilines is 2. The first-order valence-corrected chi connectivity index (χ1v) is 11.7. The van der Waals surface area contributed by atoms with Crippen LogP contribution in [-0.4, -0.2) is 28.7 Å². The molecule has 3 amide bonds. The van der Waals surface area contributed by atoms with Gasteiger partial charge in [0, 0.05) is 30.8 Å². The van der Waals surface area contributed by atoms with Crippen LogP contribution in [0.5, 0.6) is 0 Å². The van der Waals surface area contributed by atoms with Crippen molar-refractivity contribution in [3.05, 3.63) is 89.6 Å². The fourth-order valence-corrected chi connectivity index (χ4v) is 3.66. The Kier molecular flexibility index (Phi) is 8.73. The van der Waals surface area contributed by atoms with Gasteiger partial charge in [-0.2, -0.15) is 0 Å². The van der Waals surface area contributed by atoms with Crippen LogP contribution in [0, 0.1) is 13.8 Å². The summed E-state index contributed by atoms with van der Waals surface area (Å²) in [5.41, 5.74) is 3.38. The van der Waals surface area contributed by atoms with E-state index in [0.717, 1.165) is 11.1 Å². The van der Waals surface area contributed by atoms with Crippen LogP contribution in [0.25, 0.3) is 0 Å². The predicted octanol–water partition coefficient (Wildman–Crippen LogP) is 4.72. The molecule has 0 aliphatic heterocycles. The summed E-state index contributed by atoms with van der Waals surface area (Å²) in [5.74, 6) is -0.501. The Labute approximate surface area is 206 Å². The van der Waals surface area contributed by atoms with Gasteiger partial charge < -0.3 is 10.6 Å². The van der Waals surface area contributed by atoms with Gasteiger partial charge in [-0.15, -0.1) is 0 Å². The van der Waals surface area contributed by atoms with Crippen molar-refractivity contribution >= 4 is 29.2 Å². The highest BCUT2D eigenvalue weighted by molar-refractivity contribution is 6.03. The molecule has 7 nitrogen and oxygen atoms in total. The molecule has 0 saturated carbocycles. The van der Waals surface area contributed by atoms with E-state index < -0.39 is 6.04 Å². The van der Waals surface area contributed by atoms with Crippen LogP contribution in [-0.2, 0) is 14.4 Å². The SMILES string of the molecule is Cc1ccc(C(C(=O)NC(C)C)N(C(=O)CCC(=O)Nc2ccccn2)c2ccc(C)cc2)cc1. The van der Waals surface area contributed by atoms with Crippen LogP contribution < -0.4 is 15.5 Å². The fourth-order valence-electron chi connectivity index (χ4n) is 3.66. The van der Waals surface area contributed by atoms with Gasteiger partial charge in [0.1, 0.15) is 11.9 Å². The number of pyridine rings is 1. The normalized spacial score (nSPS) is 11.6. The monoisotopic (exact) mass is 472 g/mol. The Balaban J connectivity index is 1.92. The number of nitrogens with zero attached hydrogens (tertiary/aromatic N) is 2. The van der Waals surface area contributed by atoms with Gasteiger partial charge in [-0.3, -0.25) is 19.3 Å². The molecule has 0 saturated heterocycles. The molecule has 0 aliphatic carbocycles. The van der Waals surface area contributed by atoms with E-state index >= 15 is 0 Å². The van der Waals surface area contributed by atoms with Crippen molar-refractivity contribution in [2.45, 2.75) is 52.6 Å². The van der Waals surface area contributed by atoms with Crippen molar-refractivity contribution < 1.29 is 14.4 Å². The fraction of sp³-hybridized carbons (Fsp3) is 0.286. The largest absolute Gasteiger partial charge is 0.352 e. The number of nitrogens with one attached hydrogen (secondary N) is 2.